The maximum absolute atomic E-state index is 12.2. The zero-order valence-corrected chi connectivity index (χ0v) is 11.5. The van der Waals surface area contributed by atoms with E-state index >= 15 is 0 Å². The molecule has 0 spiro atoms. The van der Waals surface area contributed by atoms with E-state index in [2.05, 4.69) is 10.3 Å². The Morgan fingerprint density at radius 1 is 1.14 bits per heavy atom. The highest BCUT2D eigenvalue weighted by Crippen LogP contribution is 2.32. The number of fused-ring (bicyclic) bond motifs is 2. The summed E-state index contributed by atoms with van der Waals surface area (Å²) in [7, 11) is 0. The summed E-state index contributed by atoms with van der Waals surface area (Å²) < 4.78 is 15.7. The highest BCUT2D eigenvalue weighted by atomic mass is 16.7. The van der Waals surface area contributed by atoms with Crippen molar-refractivity contribution < 1.29 is 18.7 Å². The van der Waals surface area contributed by atoms with E-state index < -0.39 is 0 Å². The van der Waals surface area contributed by atoms with Gasteiger partial charge in [0.1, 0.15) is 5.52 Å². The molecule has 0 atom stereocenters. The second-order valence-corrected chi connectivity index (χ2v) is 4.91. The van der Waals surface area contributed by atoms with E-state index in [0.29, 0.717) is 29.0 Å². The summed E-state index contributed by atoms with van der Waals surface area (Å²) in [6.45, 7) is 0.648. The molecular weight excluding hydrogens is 284 g/mol. The average Bonchev–Trinajstić information content (AvgIpc) is 3.19. The van der Waals surface area contributed by atoms with Gasteiger partial charge in [-0.3, -0.25) is 4.79 Å². The first-order valence-electron chi connectivity index (χ1n) is 6.79. The van der Waals surface area contributed by atoms with E-state index in [4.69, 9.17) is 13.9 Å². The predicted molar refractivity (Wildman–Crippen MR) is 77.7 cm³/mol. The molecule has 0 saturated heterocycles. The molecule has 4 rings (SSSR count). The lowest BCUT2D eigenvalue weighted by atomic mass is 10.1. The molecule has 2 aromatic carbocycles. The van der Waals surface area contributed by atoms with Crippen molar-refractivity contribution in [3.8, 4) is 11.5 Å². The maximum atomic E-state index is 12.2. The van der Waals surface area contributed by atoms with E-state index in [-0.39, 0.29) is 12.7 Å². The number of hydrogen-bond acceptors (Lipinski definition) is 5. The highest BCUT2D eigenvalue weighted by Gasteiger charge is 2.14. The number of carbonyl (C=O) groups is 1. The quantitative estimate of drug-likeness (QED) is 0.803. The first-order chi connectivity index (χ1) is 10.8. The monoisotopic (exact) mass is 296 g/mol. The molecule has 6 nitrogen and oxygen atoms in total. The van der Waals surface area contributed by atoms with Gasteiger partial charge in [0.15, 0.2) is 23.5 Å². The van der Waals surface area contributed by atoms with Crippen LogP contribution in [0.15, 0.2) is 47.2 Å². The molecule has 0 radical (unpaired) electrons. The maximum Gasteiger partial charge on any atom is 0.251 e. The van der Waals surface area contributed by atoms with Crippen molar-refractivity contribution in [2.24, 2.45) is 0 Å². The lowest BCUT2D eigenvalue weighted by molar-refractivity contribution is 0.0951. The number of nitrogens with zero attached hydrogens (tertiary/aromatic N) is 1. The van der Waals surface area contributed by atoms with E-state index in [1.807, 2.05) is 18.2 Å². The van der Waals surface area contributed by atoms with Gasteiger partial charge in [-0.25, -0.2) is 4.98 Å². The number of hydrogen-bond donors (Lipinski definition) is 1. The third kappa shape index (κ3) is 2.24. The van der Waals surface area contributed by atoms with Crippen molar-refractivity contribution in [2.45, 2.75) is 6.54 Å². The Morgan fingerprint density at radius 2 is 2.05 bits per heavy atom. The van der Waals surface area contributed by atoms with Gasteiger partial charge >= 0.3 is 0 Å². The molecule has 0 aliphatic carbocycles. The topological polar surface area (TPSA) is 73.6 Å². The first-order valence-corrected chi connectivity index (χ1v) is 6.79. The number of rotatable bonds is 3. The summed E-state index contributed by atoms with van der Waals surface area (Å²) in [5.41, 5.74) is 2.81. The van der Waals surface area contributed by atoms with Gasteiger partial charge < -0.3 is 19.2 Å². The van der Waals surface area contributed by atoms with Crippen molar-refractivity contribution in [1.29, 1.82) is 0 Å². The lowest BCUT2D eigenvalue weighted by Crippen LogP contribution is -2.22. The van der Waals surface area contributed by atoms with Crippen molar-refractivity contribution in [3.63, 3.8) is 0 Å². The molecule has 1 aliphatic heterocycles. The van der Waals surface area contributed by atoms with Crippen LogP contribution in [0.1, 0.15) is 15.9 Å². The minimum Gasteiger partial charge on any atom is -0.454 e. The number of amides is 1. The largest absolute Gasteiger partial charge is 0.454 e. The normalized spacial score (nSPS) is 12.5. The molecular formula is C16H12N2O4. The molecule has 1 aromatic heterocycles. The molecule has 2 heterocycles. The zero-order chi connectivity index (χ0) is 14.9. The molecule has 3 aromatic rings. The van der Waals surface area contributed by atoms with Crippen molar-refractivity contribution in [3.05, 3.63) is 53.9 Å². The summed E-state index contributed by atoms with van der Waals surface area (Å²) in [5, 5.41) is 2.87. The Bertz CT molecular complexity index is 856. The Morgan fingerprint density at radius 3 is 3.00 bits per heavy atom. The van der Waals surface area contributed by atoms with E-state index in [0.717, 1.165) is 11.3 Å². The van der Waals surface area contributed by atoms with E-state index in [1.165, 1.54) is 6.39 Å². The summed E-state index contributed by atoms with van der Waals surface area (Å²) in [4.78, 5) is 16.2. The molecule has 1 aliphatic rings. The number of oxazole rings is 1. The fourth-order valence-corrected chi connectivity index (χ4v) is 2.33. The van der Waals surface area contributed by atoms with E-state index in [1.54, 1.807) is 18.2 Å². The highest BCUT2D eigenvalue weighted by molar-refractivity contribution is 5.97. The van der Waals surface area contributed by atoms with Gasteiger partial charge in [-0.2, -0.15) is 0 Å². The van der Waals surface area contributed by atoms with Crippen LogP contribution < -0.4 is 14.8 Å². The Labute approximate surface area is 125 Å². The number of benzene rings is 2. The van der Waals surface area contributed by atoms with Crippen molar-refractivity contribution >= 4 is 17.0 Å². The van der Waals surface area contributed by atoms with Gasteiger partial charge in [-0.05, 0) is 35.9 Å². The number of nitrogens with one attached hydrogen (secondary N) is 1. The molecule has 0 fully saturated rings. The fourth-order valence-electron chi connectivity index (χ4n) is 2.33. The summed E-state index contributed by atoms with van der Waals surface area (Å²) >= 11 is 0. The summed E-state index contributed by atoms with van der Waals surface area (Å²) in [6.07, 6.45) is 1.36. The van der Waals surface area contributed by atoms with Crippen LogP contribution in [0.2, 0.25) is 0 Å². The number of aromatic nitrogens is 1. The van der Waals surface area contributed by atoms with Crippen LogP contribution in [-0.2, 0) is 6.54 Å². The fraction of sp³-hybridized carbons (Fsp3) is 0.125. The summed E-state index contributed by atoms with van der Waals surface area (Å²) in [5.74, 6) is 1.27. The Kier molecular flexibility index (Phi) is 2.93. The smallest absolute Gasteiger partial charge is 0.251 e. The van der Waals surface area contributed by atoms with Crippen molar-refractivity contribution in [1.82, 2.24) is 10.3 Å². The van der Waals surface area contributed by atoms with Crippen LogP contribution in [0, 0.1) is 0 Å². The van der Waals surface area contributed by atoms with Crippen LogP contribution >= 0.6 is 0 Å². The SMILES string of the molecule is O=C(NCc1ccc2c(c1)OCO2)c1ccc2ocnc2c1. The van der Waals surface area contributed by atoms with Crippen LogP contribution in [-0.4, -0.2) is 17.7 Å². The predicted octanol–water partition coefficient (Wildman–Crippen LogP) is 2.49. The zero-order valence-electron chi connectivity index (χ0n) is 11.5. The first kappa shape index (κ1) is 12.7. The lowest BCUT2D eigenvalue weighted by Gasteiger charge is -2.06. The van der Waals surface area contributed by atoms with Crippen LogP contribution in [0.5, 0.6) is 11.5 Å². The molecule has 1 amide bonds. The third-order valence-electron chi connectivity index (χ3n) is 3.48. The molecule has 110 valence electrons. The van der Waals surface area contributed by atoms with Gasteiger partial charge in [0, 0.05) is 12.1 Å². The minimum absolute atomic E-state index is 0.164. The molecule has 0 saturated carbocycles. The standard InChI is InChI=1S/C16H12N2O4/c19-16(11-2-4-13-12(6-11)18-8-20-13)17-7-10-1-3-14-15(5-10)22-9-21-14/h1-6,8H,7,9H2,(H,17,19). The number of carbonyl (C=O) groups excluding carboxylic acids is 1. The Balaban J connectivity index is 1.47. The molecule has 0 bridgehead atoms. The van der Waals surface area contributed by atoms with Crippen LogP contribution in [0.25, 0.3) is 11.1 Å². The number of ether oxygens (including phenoxy) is 2. The minimum atomic E-state index is -0.164. The van der Waals surface area contributed by atoms with Crippen molar-refractivity contribution in [2.75, 3.05) is 6.79 Å². The van der Waals surface area contributed by atoms with Crippen LogP contribution in [0.3, 0.4) is 0 Å². The third-order valence-corrected chi connectivity index (χ3v) is 3.48. The van der Waals surface area contributed by atoms with Crippen LogP contribution in [0.4, 0.5) is 0 Å². The van der Waals surface area contributed by atoms with Gasteiger partial charge in [0.25, 0.3) is 5.91 Å². The molecule has 6 heteroatoms. The second kappa shape index (κ2) is 5.07. The van der Waals surface area contributed by atoms with Gasteiger partial charge in [-0.1, -0.05) is 6.07 Å². The molecule has 1 N–H and O–H groups in total. The Hall–Kier alpha value is -3.02. The average molecular weight is 296 g/mol. The molecule has 0 unspecified atom stereocenters. The van der Waals surface area contributed by atoms with Gasteiger partial charge in [-0.15, -0.1) is 0 Å². The summed E-state index contributed by atoms with van der Waals surface area (Å²) in [6, 6.07) is 10.7. The van der Waals surface area contributed by atoms with E-state index in [9.17, 15) is 4.79 Å². The van der Waals surface area contributed by atoms with Gasteiger partial charge in [0.2, 0.25) is 6.79 Å². The van der Waals surface area contributed by atoms with Gasteiger partial charge in [0.05, 0.1) is 0 Å². The second-order valence-electron chi connectivity index (χ2n) is 4.91. The molecule has 22 heavy (non-hydrogen) atoms.